The van der Waals surface area contributed by atoms with E-state index >= 15 is 0 Å². The number of aromatic nitrogens is 4. The number of aryl methyl sites for hydroxylation is 1. The van der Waals surface area contributed by atoms with Crippen LogP contribution >= 0.6 is 23.2 Å². The third-order valence-corrected chi connectivity index (χ3v) is 4.45. The van der Waals surface area contributed by atoms with E-state index in [4.69, 9.17) is 27.9 Å². The monoisotopic (exact) mass is 391 g/mol. The van der Waals surface area contributed by atoms with Gasteiger partial charge in [0.1, 0.15) is 17.1 Å². The fraction of sp³-hybridized carbons (Fsp3) is 0.176. The van der Waals surface area contributed by atoms with Gasteiger partial charge in [0.2, 0.25) is 0 Å². The molecule has 0 aliphatic heterocycles. The van der Waals surface area contributed by atoms with Crippen molar-refractivity contribution >= 4 is 34.8 Å². The van der Waals surface area contributed by atoms with Gasteiger partial charge >= 0.3 is 0 Å². The molecule has 9 heteroatoms. The Hall–Kier alpha value is -2.64. The first kappa shape index (κ1) is 18.2. The maximum Gasteiger partial charge on any atom is 0.265 e. The summed E-state index contributed by atoms with van der Waals surface area (Å²) in [4.78, 5) is 12.4. The van der Waals surface area contributed by atoms with Gasteiger partial charge in [0.25, 0.3) is 5.91 Å². The van der Waals surface area contributed by atoms with E-state index in [1.54, 1.807) is 35.9 Å². The first-order chi connectivity index (χ1) is 12.5. The van der Waals surface area contributed by atoms with Gasteiger partial charge in [-0.3, -0.25) is 4.79 Å². The summed E-state index contributed by atoms with van der Waals surface area (Å²) in [5.74, 6) is 0.0441. The Bertz CT molecular complexity index is 931. The lowest BCUT2D eigenvalue weighted by atomic mass is 10.1. The van der Waals surface area contributed by atoms with Crippen molar-refractivity contribution in [2.45, 2.75) is 20.0 Å². The maximum absolute atomic E-state index is 12.4. The third-order valence-electron chi connectivity index (χ3n) is 3.65. The zero-order chi connectivity index (χ0) is 18.7. The Morgan fingerprint density at radius 3 is 2.77 bits per heavy atom. The first-order valence-corrected chi connectivity index (χ1v) is 8.47. The van der Waals surface area contributed by atoms with Gasteiger partial charge in [-0.1, -0.05) is 29.3 Å². The van der Waals surface area contributed by atoms with Crippen LogP contribution in [0.1, 0.15) is 12.5 Å². The number of amides is 1. The molecule has 1 amide bonds. The molecule has 0 fully saturated rings. The molecule has 1 unspecified atom stereocenters. The predicted octanol–water partition coefficient (Wildman–Crippen LogP) is 3.68. The number of hydrogen-bond donors (Lipinski definition) is 1. The van der Waals surface area contributed by atoms with Crippen molar-refractivity contribution in [3.63, 3.8) is 0 Å². The van der Waals surface area contributed by atoms with Crippen LogP contribution in [-0.4, -0.2) is 32.2 Å². The van der Waals surface area contributed by atoms with Gasteiger partial charge in [-0.05, 0) is 60.2 Å². The molecule has 0 spiro atoms. The zero-order valence-corrected chi connectivity index (χ0v) is 15.5. The average molecular weight is 392 g/mol. The standard InChI is InChI=1S/C17H15Cl2N5O2/c1-10-8-12(6-7-14(10)24-9-20-22-23-24)21-17(25)11(2)26-15-5-3-4-13(18)16(15)19/h3-9,11H,1-2H3,(H,21,25). The summed E-state index contributed by atoms with van der Waals surface area (Å²) in [5, 5.41) is 14.5. The van der Waals surface area contributed by atoms with E-state index in [0.717, 1.165) is 11.3 Å². The highest BCUT2D eigenvalue weighted by Gasteiger charge is 2.17. The van der Waals surface area contributed by atoms with Crippen LogP contribution in [0.3, 0.4) is 0 Å². The van der Waals surface area contributed by atoms with Gasteiger partial charge in [0, 0.05) is 5.69 Å². The highest BCUT2D eigenvalue weighted by molar-refractivity contribution is 6.42. The Morgan fingerprint density at radius 2 is 2.08 bits per heavy atom. The fourth-order valence-corrected chi connectivity index (χ4v) is 2.66. The molecule has 1 aromatic heterocycles. The summed E-state index contributed by atoms with van der Waals surface area (Å²) in [6.07, 6.45) is 0.746. The maximum atomic E-state index is 12.4. The Morgan fingerprint density at radius 1 is 1.27 bits per heavy atom. The number of tetrazole rings is 1. The van der Waals surface area contributed by atoms with Crippen LogP contribution in [0.15, 0.2) is 42.7 Å². The zero-order valence-electron chi connectivity index (χ0n) is 14.0. The van der Waals surface area contributed by atoms with E-state index in [0.29, 0.717) is 16.5 Å². The SMILES string of the molecule is Cc1cc(NC(=O)C(C)Oc2cccc(Cl)c2Cl)ccc1-n1cnnn1. The molecule has 0 saturated heterocycles. The van der Waals surface area contributed by atoms with Crippen molar-refractivity contribution in [2.75, 3.05) is 5.32 Å². The highest BCUT2D eigenvalue weighted by Crippen LogP contribution is 2.32. The second-order valence-corrected chi connectivity index (χ2v) is 6.34. The first-order valence-electron chi connectivity index (χ1n) is 7.71. The van der Waals surface area contributed by atoms with Gasteiger partial charge in [-0.2, -0.15) is 0 Å². The molecule has 0 aliphatic carbocycles. The molecular formula is C17H15Cl2N5O2. The molecule has 0 bridgehead atoms. The Labute approximate surface area is 159 Å². The number of halogens is 2. The lowest BCUT2D eigenvalue weighted by Gasteiger charge is -2.16. The quantitative estimate of drug-likeness (QED) is 0.716. The molecule has 0 saturated carbocycles. The fourth-order valence-electron chi connectivity index (χ4n) is 2.32. The van der Waals surface area contributed by atoms with Crippen LogP contribution in [0.5, 0.6) is 5.75 Å². The van der Waals surface area contributed by atoms with E-state index in [1.807, 2.05) is 19.1 Å². The van der Waals surface area contributed by atoms with Gasteiger partial charge in [0.05, 0.1) is 10.7 Å². The second kappa shape index (κ2) is 7.72. The number of anilines is 1. The normalized spacial score (nSPS) is 11.8. The lowest BCUT2D eigenvalue weighted by molar-refractivity contribution is -0.122. The smallest absolute Gasteiger partial charge is 0.265 e. The molecule has 26 heavy (non-hydrogen) atoms. The summed E-state index contributed by atoms with van der Waals surface area (Å²) in [5.41, 5.74) is 2.36. The van der Waals surface area contributed by atoms with Gasteiger partial charge < -0.3 is 10.1 Å². The molecular weight excluding hydrogens is 377 g/mol. The van der Waals surface area contributed by atoms with Crippen molar-refractivity contribution in [1.82, 2.24) is 20.2 Å². The number of rotatable bonds is 5. The van der Waals surface area contributed by atoms with Crippen molar-refractivity contribution in [1.29, 1.82) is 0 Å². The van der Waals surface area contributed by atoms with Crippen LogP contribution in [0.25, 0.3) is 5.69 Å². The molecule has 3 rings (SSSR count). The van der Waals surface area contributed by atoms with E-state index in [1.165, 1.54) is 6.33 Å². The van der Waals surface area contributed by atoms with Crippen LogP contribution in [-0.2, 0) is 4.79 Å². The number of nitrogens with one attached hydrogen (secondary N) is 1. The lowest BCUT2D eigenvalue weighted by Crippen LogP contribution is -2.30. The number of nitrogens with zero attached hydrogens (tertiary/aromatic N) is 4. The summed E-state index contributed by atoms with van der Waals surface area (Å²) < 4.78 is 7.16. The largest absolute Gasteiger partial charge is 0.479 e. The number of ether oxygens (including phenoxy) is 1. The van der Waals surface area contributed by atoms with E-state index in [-0.39, 0.29) is 10.9 Å². The molecule has 0 aliphatic rings. The highest BCUT2D eigenvalue weighted by atomic mass is 35.5. The minimum atomic E-state index is -0.759. The molecule has 0 radical (unpaired) electrons. The molecule has 134 valence electrons. The van der Waals surface area contributed by atoms with Crippen LogP contribution in [0.4, 0.5) is 5.69 Å². The van der Waals surface area contributed by atoms with E-state index in [2.05, 4.69) is 20.8 Å². The Balaban J connectivity index is 1.69. The number of benzene rings is 2. The molecule has 1 N–H and O–H groups in total. The molecule has 1 heterocycles. The summed E-state index contributed by atoms with van der Waals surface area (Å²) in [7, 11) is 0. The van der Waals surface area contributed by atoms with Crippen LogP contribution < -0.4 is 10.1 Å². The van der Waals surface area contributed by atoms with Crippen molar-refractivity contribution < 1.29 is 9.53 Å². The minimum Gasteiger partial charge on any atom is -0.479 e. The molecule has 7 nitrogen and oxygen atoms in total. The summed E-state index contributed by atoms with van der Waals surface area (Å²) in [6, 6.07) is 10.4. The molecule has 2 aromatic carbocycles. The Kier molecular flexibility index (Phi) is 5.39. The van der Waals surface area contributed by atoms with Crippen LogP contribution in [0, 0.1) is 6.92 Å². The number of carbonyl (C=O) groups is 1. The van der Waals surface area contributed by atoms with Crippen molar-refractivity contribution in [2.24, 2.45) is 0 Å². The number of carbonyl (C=O) groups excluding carboxylic acids is 1. The molecule has 3 aromatic rings. The van der Waals surface area contributed by atoms with Crippen molar-refractivity contribution in [3.8, 4) is 11.4 Å². The van der Waals surface area contributed by atoms with Crippen LogP contribution in [0.2, 0.25) is 10.0 Å². The van der Waals surface area contributed by atoms with E-state index in [9.17, 15) is 4.79 Å². The minimum absolute atomic E-state index is 0.274. The number of hydrogen-bond acceptors (Lipinski definition) is 5. The van der Waals surface area contributed by atoms with Crippen molar-refractivity contribution in [3.05, 3.63) is 58.3 Å². The predicted molar refractivity (Wildman–Crippen MR) is 99.1 cm³/mol. The topological polar surface area (TPSA) is 81.9 Å². The molecule has 1 atom stereocenters. The van der Waals surface area contributed by atoms with Gasteiger partial charge in [-0.15, -0.1) is 5.10 Å². The van der Waals surface area contributed by atoms with Gasteiger partial charge in [-0.25, -0.2) is 4.68 Å². The van der Waals surface area contributed by atoms with Gasteiger partial charge in [0.15, 0.2) is 6.10 Å². The second-order valence-electron chi connectivity index (χ2n) is 5.56. The third kappa shape index (κ3) is 3.95. The summed E-state index contributed by atoms with van der Waals surface area (Å²) >= 11 is 12.0. The van der Waals surface area contributed by atoms with E-state index < -0.39 is 6.10 Å². The average Bonchev–Trinajstić information content (AvgIpc) is 3.13. The summed E-state index contributed by atoms with van der Waals surface area (Å²) in [6.45, 7) is 3.53.